The minimum absolute atomic E-state index is 0.286. The van der Waals surface area contributed by atoms with E-state index in [1.54, 1.807) is 0 Å². The Morgan fingerprint density at radius 3 is 2.75 bits per heavy atom. The molecule has 16 heavy (non-hydrogen) atoms. The average molecular weight is 221 g/mol. The van der Waals surface area contributed by atoms with Crippen molar-refractivity contribution in [2.45, 2.75) is 39.3 Å². The molecule has 1 atom stereocenters. The predicted molar refractivity (Wildman–Crippen MR) is 68.1 cm³/mol. The van der Waals surface area contributed by atoms with Crippen LogP contribution in [0.15, 0.2) is 24.4 Å². The van der Waals surface area contributed by atoms with E-state index in [0.29, 0.717) is 0 Å². The van der Waals surface area contributed by atoms with Gasteiger partial charge in [-0.25, -0.2) is 0 Å². The SMILES string of the molecule is CCCC(N)CN(CC)Cc1ccccn1. The van der Waals surface area contributed by atoms with Gasteiger partial charge in [-0.15, -0.1) is 0 Å². The Bertz CT molecular complexity index is 274. The van der Waals surface area contributed by atoms with Crippen molar-refractivity contribution in [2.24, 2.45) is 5.73 Å². The Labute approximate surface area is 98.7 Å². The molecular weight excluding hydrogens is 198 g/mol. The number of hydrogen-bond donors (Lipinski definition) is 1. The zero-order chi connectivity index (χ0) is 11.8. The number of pyridine rings is 1. The summed E-state index contributed by atoms with van der Waals surface area (Å²) in [7, 11) is 0. The van der Waals surface area contributed by atoms with Gasteiger partial charge in [0.15, 0.2) is 0 Å². The van der Waals surface area contributed by atoms with Gasteiger partial charge in [0.25, 0.3) is 0 Å². The molecule has 0 spiro atoms. The highest BCUT2D eigenvalue weighted by Gasteiger charge is 2.09. The van der Waals surface area contributed by atoms with E-state index in [9.17, 15) is 0 Å². The number of aromatic nitrogens is 1. The molecule has 0 bridgehead atoms. The van der Waals surface area contributed by atoms with Crippen molar-refractivity contribution in [1.29, 1.82) is 0 Å². The van der Waals surface area contributed by atoms with Crippen LogP contribution in [0, 0.1) is 0 Å². The fourth-order valence-electron chi connectivity index (χ4n) is 1.82. The molecule has 2 N–H and O–H groups in total. The molecule has 0 aliphatic heterocycles. The Kier molecular flexibility index (Phi) is 6.04. The first-order chi connectivity index (χ1) is 7.76. The van der Waals surface area contributed by atoms with Crippen molar-refractivity contribution >= 4 is 0 Å². The summed E-state index contributed by atoms with van der Waals surface area (Å²) in [5.41, 5.74) is 7.17. The molecule has 0 aliphatic rings. The first kappa shape index (κ1) is 13.1. The van der Waals surface area contributed by atoms with E-state index < -0.39 is 0 Å². The number of rotatable bonds is 7. The van der Waals surface area contributed by atoms with Gasteiger partial charge in [-0.05, 0) is 25.1 Å². The van der Waals surface area contributed by atoms with E-state index in [-0.39, 0.29) is 6.04 Å². The number of hydrogen-bond acceptors (Lipinski definition) is 3. The molecule has 3 heteroatoms. The van der Waals surface area contributed by atoms with Gasteiger partial charge in [0.05, 0.1) is 5.69 Å². The second-order valence-corrected chi connectivity index (χ2v) is 4.20. The van der Waals surface area contributed by atoms with Gasteiger partial charge in [0.2, 0.25) is 0 Å². The molecule has 0 amide bonds. The standard InChI is InChI=1S/C13H23N3/c1-3-7-12(14)10-16(4-2)11-13-8-5-6-9-15-13/h5-6,8-9,12H,3-4,7,10-11,14H2,1-2H3. The van der Waals surface area contributed by atoms with Crippen molar-refractivity contribution in [2.75, 3.05) is 13.1 Å². The first-order valence-corrected chi connectivity index (χ1v) is 6.14. The quantitative estimate of drug-likeness (QED) is 0.766. The Balaban J connectivity index is 2.43. The maximum absolute atomic E-state index is 6.05. The van der Waals surface area contributed by atoms with Crippen LogP contribution in [0.4, 0.5) is 0 Å². The molecule has 90 valence electrons. The van der Waals surface area contributed by atoms with Gasteiger partial charge in [-0.3, -0.25) is 9.88 Å². The van der Waals surface area contributed by atoms with E-state index in [4.69, 9.17) is 5.73 Å². The molecule has 3 nitrogen and oxygen atoms in total. The third-order valence-electron chi connectivity index (χ3n) is 2.71. The smallest absolute Gasteiger partial charge is 0.0543 e. The third kappa shape index (κ3) is 4.73. The highest BCUT2D eigenvalue weighted by Crippen LogP contribution is 2.03. The normalized spacial score (nSPS) is 13.0. The molecule has 1 heterocycles. The lowest BCUT2D eigenvalue weighted by molar-refractivity contribution is 0.254. The summed E-state index contributed by atoms with van der Waals surface area (Å²) in [4.78, 5) is 6.69. The lowest BCUT2D eigenvalue weighted by atomic mass is 10.1. The zero-order valence-corrected chi connectivity index (χ0v) is 10.4. The van der Waals surface area contributed by atoms with Crippen LogP contribution in [0.5, 0.6) is 0 Å². The van der Waals surface area contributed by atoms with Crippen LogP contribution in [0.25, 0.3) is 0 Å². The van der Waals surface area contributed by atoms with Crippen LogP contribution >= 0.6 is 0 Å². The van der Waals surface area contributed by atoms with Gasteiger partial charge in [0, 0.05) is 25.3 Å². The van der Waals surface area contributed by atoms with Crippen LogP contribution in [-0.2, 0) is 6.54 Å². The number of nitrogens with two attached hydrogens (primary N) is 1. The Hall–Kier alpha value is -0.930. The monoisotopic (exact) mass is 221 g/mol. The lowest BCUT2D eigenvalue weighted by Crippen LogP contribution is -2.37. The van der Waals surface area contributed by atoms with Crippen LogP contribution < -0.4 is 5.73 Å². The molecule has 0 fully saturated rings. The third-order valence-corrected chi connectivity index (χ3v) is 2.71. The van der Waals surface area contributed by atoms with E-state index in [1.165, 1.54) is 0 Å². The largest absolute Gasteiger partial charge is 0.327 e. The minimum atomic E-state index is 0.286. The van der Waals surface area contributed by atoms with E-state index >= 15 is 0 Å². The summed E-state index contributed by atoms with van der Waals surface area (Å²) in [6.07, 6.45) is 4.09. The Morgan fingerprint density at radius 2 is 2.19 bits per heavy atom. The first-order valence-electron chi connectivity index (χ1n) is 6.14. The fraction of sp³-hybridized carbons (Fsp3) is 0.615. The summed E-state index contributed by atoms with van der Waals surface area (Å²) >= 11 is 0. The van der Waals surface area contributed by atoms with Crippen LogP contribution in [0.2, 0.25) is 0 Å². The topological polar surface area (TPSA) is 42.1 Å². The molecule has 0 radical (unpaired) electrons. The van der Waals surface area contributed by atoms with Gasteiger partial charge < -0.3 is 5.73 Å². The Morgan fingerprint density at radius 1 is 1.38 bits per heavy atom. The van der Waals surface area contributed by atoms with E-state index in [0.717, 1.165) is 38.2 Å². The summed E-state index contributed by atoms with van der Waals surface area (Å²) in [5.74, 6) is 0. The summed E-state index contributed by atoms with van der Waals surface area (Å²) in [6.45, 7) is 7.22. The van der Waals surface area contributed by atoms with Crippen molar-refractivity contribution in [1.82, 2.24) is 9.88 Å². The zero-order valence-electron chi connectivity index (χ0n) is 10.4. The van der Waals surface area contributed by atoms with Crippen LogP contribution in [0.3, 0.4) is 0 Å². The van der Waals surface area contributed by atoms with Crippen LogP contribution in [-0.4, -0.2) is 29.0 Å². The van der Waals surface area contributed by atoms with Crippen LogP contribution in [0.1, 0.15) is 32.4 Å². The van der Waals surface area contributed by atoms with Crippen molar-refractivity contribution in [3.63, 3.8) is 0 Å². The molecule has 1 aromatic rings. The van der Waals surface area contributed by atoms with Crippen molar-refractivity contribution in [3.8, 4) is 0 Å². The summed E-state index contributed by atoms with van der Waals surface area (Å²) < 4.78 is 0. The molecule has 0 aromatic carbocycles. The number of nitrogens with zero attached hydrogens (tertiary/aromatic N) is 2. The minimum Gasteiger partial charge on any atom is -0.327 e. The number of likely N-dealkylation sites (N-methyl/N-ethyl adjacent to an activating group) is 1. The van der Waals surface area contributed by atoms with E-state index in [1.807, 2.05) is 18.3 Å². The molecule has 1 unspecified atom stereocenters. The fourth-order valence-corrected chi connectivity index (χ4v) is 1.82. The van der Waals surface area contributed by atoms with Gasteiger partial charge in [-0.2, -0.15) is 0 Å². The summed E-state index contributed by atoms with van der Waals surface area (Å²) in [5, 5.41) is 0. The van der Waals surface area contributed by atoms with E-state index in [2.05, 4.69) is 29.8 Å². The highest BCUT2D eigenvalue weighted by molar-refractivity contribution is 5.03. The molecular formula is C13H23N3. The summed E-state index contributed by atoms with van der Waals surface area (Å²) in [6, 6.07) is 6.33. The van der Waals surface area contributed by atoms with Gasteiger partial charge >= 0.3 is 0 Å². The average Bonchev–Trinajstić information content (AvgIpc) is 2.30. The second kappa shape index (κ2) is 7.36. The van der Waals surface area contributed by atoms with Crippen molar-refractivity contribution in [3.05, 3.63) is 30.1 Å². The van der Waals surface area contributed by atoms with Gasteiger partial charge in [0.1, 0.15) is 0 Å². The van der Waals surface area contributed by atoms with Gasteiger partial charge in [-0.1, -0.05) is 26.3 Å². The molecule has 1 rings (SSSR count). The second-order valence-electron chi connectivity index (χ2n) is 4.20. The lowest BCUT2D eigenvalue weighted by Gasteiger charge is -2.23. The molecule has 0 saturated carbocycles. The maximum atomic E-state index is 6.05. The van der Waals surface area contributed by atoms with Crippen molar-refractivity contribution < 1.29 is 0 Å². The molecule has 0 saturated heterocycles. The maximum Gasteiger partial charge on any atom is 0.0543 e. The molecule has 1 aromatic heterocycles. The molecule has 0 aliphatic carbocycles. The predicted octanol–water partition coefficient (Wildman–Crippen LogP) is 2.03. The highest BCUT2D eigenvalue weighted by atomic mass is 15.1.